The largest absolute Gasteiger partial charge is 0.493 e. The number of allylic oxidation sites excluding steroid dienone is 1. The van der Waals surface area contributed by atoms with Gasteiger partial charge in [-0.2, -0.15) is 5.10 Å². The summed E-state index contributed by atoms with van der Waals surface area (Å²) in [6.07, 6.45) is 5.21. The van der Waals surface area contributed by atoms with Crippen molar-refractivity contribution in [3.8, 4) is 11.5 Å². The molecule has 0 radical (unpaired) electrons. The van der Waals surface area contributed by atoms with Crippen molar-refractivity contribution in [1.82, 2.24) is 4.98 Å². The maximum atomic E-state index is 11.1. The number of hydrazone groups is 1. The summed E-state index contributed by atoms with van der Waals surface area (Å²) in [7, 11) is 1.53. The summed E-state index contributed by atoms with van der Waals surface area (Å²) in [6.45, 7) is 4.02. The fraction of sp³-hybridized carbons (Fsp3) is 0.130. The minimum atomic E-state index is -0.533. The molecule has 0 bridgehead atoms. The van der Waals surface area contributed by atoms with Crippen LogP contribution in [0.2, 0.25) is 10.0 Å². The van der Waals surface area contributed by atoms with Crippen LogP contribution in [0, 0.1) is 10.1 Å². The summed E-state index contributed by atoms with van der Waals surface area (Å²) in [5.74, 6) is 1.08. The van der Waals surface area contributed by atoms with E-state index >= 15 is 0 Å². The zero-order valence-electron chi connectivity index (χ0n) is 17.6. The quantitative estimate of drug-likeness (QED) is 0.162. The zero-order chi connectivity index (χ0) is 23.8. The van der Waals surface area contributed by atoms with E-state index < -0.39 is 4.92 Å². The lowest BCUT2D eigenvalue weighted by Gasteiger charge is -2.16. The molecule has 0 amide bonds. The average Bonchev–Trinajstić information content (AvgIpc) is 2.79. The molecule has 10 heteroatoms. The Labute approximate surface area is 200 Å². The molecule has 1 heterocycles. The van der Waals surface area contributed by atoms with Crippen LogP contribution in [0.4, 0.5) is 11.5 Å². The summed E-state index contributed by atoms with van der Waals surface area (Å²) in [6, 6.07) is 11.6. The third kappa shape index (κ3) is 6.21. The number of methoxy groups -OCH3 is 1. The van der Waals surface area contributed by atoms with Crippen molar-refractivity contribution in [2.45, 2.75) is 13.0 Å². The van der Waals surface area contributed by atoms with Gasteiger partial charge in [0.1, 0.15) is 6.61 Å². The number of nitrogens with one attached hydrogen (secondary N) is 1. The van der Waals surface area contributed by atoms with E-state index in [9.17, 15) is 10.1 Å². The molecule has 2 aromatic carbocycles. The molecule has 33 heavy (non-hydrogen) atoms. The number of ether oxygens (including phenoxy) is 2. The van der Waals surface area contributed by atoms with Gasteiger partial charge in [-0.1, -0.05) is 35.3 Å². The summed E-state index contributed by atoms with van der Waals surface area (Å²) in [5, 5.41) is 16.2. The van der Waals surface area contributed by atoms with Crippen LogP contribution in [0.15, 0.2) is 66.4 Å². The van der Waals surface area contributed by atoms with Gasteiger partial charge in [0.2, 0.25) is 5.82 Å². The highest BCUT2D eigenvalue weighted by atomic mass is 35.5. The van der Waals surface area contributed by atoms with E-state index in [2.05, 4.69) is 22.1 Å². The lowest BCUT2D eigenvalue weighted by molar-refractivity contribution is -0.384. The number of pyridine rings is 1. The number of nitro groups is 1. The molecule has 0 spiro atoms. The fourth-order valence-corrected chi connectivity index (χ4v) is 3.43. The second-order valence-electron chi connectivity index (χ2n) is 6.73. The van der Waals surface area contributed by atoms with Crippen molar-refractivity contribution in [3.63, 3.8) is 0 Å². The monoisotopic (exact) mass is 486 g/mol. The Kier molecular flexibility index (Phi) is 8.23. The van der Waals surface area contributed by atoms with Gasteiger partial charge < -0.3 is 9.47 Å². The van der Waals surface area contributed by atoms with Crippen molar-refractivity contribution < 1.29 is 14.4 Å². The summed E-state index contributed by atoms with van der Waals surface area (Å²) in [4.78, 5) is 14.5. The van der Waals surface area contributed by atoms with E-state index in [1.807, 2.05) is 6.07 Å². The number of aromatic nitrogens is 1. The first-order chi connectivity index (χ1) is 15.9. The highest BCUT2D eigenvalue weighted by Crippen LogP contribution is 2.34. The Bertz CT molecular complexity index is 1200. The first-order valence-electron chi connectivity index (χ1n) is 9.70. The average molecular weight is 487 g/mol. The third-order valence-corrected chi connectivity index (χ3v) is 5.08. The normalized spacial score (nSPS) is 10.8. The predicted octanol–water partition coefficient (Wildman–Crippen LogP) is 6.06. The first-order valence-corrected chi connectivity index (χ1v) is 10.5. The van der Waals surface area contributed by atoms with Crippen LogP contribution in [0.5, 0.6) is 11.5 Å². The predicted molar refractivity (Wildman–Crippen MR) is 130 cm³/mol. The van der Waals surface area contributed by atoms with Crippen molar-refractivity contribution in [2.24, 2.45) is 5.10 Å². The Balaban J connectivity index is 1.84. The molecule has 0 saturated heterocycles. The molecule has 0 saturated carbocycles. The van der Waals surface area contributed by atoms with Gasteiger partial charge in [0, 0.05) is 33.4 Å². The van der Waals surface area contributed by atoms with Crippen LogP contribution in [-0.2, 0) is 13.0 Å². The molecular weight excluding hydrogens is 467 g/mol. The molecule has 0 atom stereocenters. The smallest absolute Gasteiger partial charge is 0.313 e. The zero-order valence-corrected chi connectivity index (χ0v) is 19.1. The van der Waals surface area contributed by atoms with Crippen LogP contribution in [0.1, 0.15) is 16.7 Å². The van der Waals surface area contributed by atoms with Gasteiger partial charge in [-0.25, -0.2) is 4.98 Å². The molecular formula is C23H20Cl2N4O4. The molecule has 8 nitrogen and oxygen atoms in total. The van der Waals surface area contributed by atoms with E-state index in [-0.39, 0.29) is 18.1 Å². The number of hydrogen-bond acceptors (Lipinski definition) is 7. The molecule has 1 N–H and O–H groups in total. The molecule has 0 aliphatic heterocycles. The third-order valence-electron chi connectivity index (χ3n) is 4.49. The molecule has 0 fully saturated rings. The van der Waals surface area contributed by atoms with Gasteiger partial charge in [0.05, 0.1) is 18.2 Å². The number of benzene rings is 2. The van der Waals surface area contributed by atoms with E-state index in [1.165, 1.54) is 31.7 Å². The van der Waals surface area contributed by atoms with E-state index in [1.54, 1.807) is 30.3 Å². The Hall–Kier alpha value is -3.62. The number of hydrogen-bond donors (Lipinski definition) is 1. The summed E-state index contributed by atoms with van der Waals surface area (Å²) >= 11 is 12.2. The van der Waals surface area contributed by atoms with Crippen LogP contribution >= 0.6 is 23.2 Å². The highest BCUT2D eigenvalue weighted by Gasteiger charge is 2.15. The Morgan fingerprint density at radius 3 is 2.76 bits per heavy atom. The van der Waals surface area contributed by atoms with Crippen molar-refractivity contribution >= 4 is 40.9 Å². The molecule has 3 aromatic rings. The van der Waals surface area contributed by atoms with E-state index in [4.69, 9.17) is 32.7 Å². The van der Waals surface area contributed by atoms with Crippen molar-refractivity contribution in [2.75, 3.05) is 12.5 Å². The number of anilines is 1. The SMILES string of the molecule is C=CCc1cc(/C=N\Nc2ncccc2[N+](=O)[O-])cc(OC)c1OCc1ccc(Cl)cc1Cl. The van der Waals surface area contributed by atoms with Crippen LogP contribution in [0.25, 0.3) is 0 Å². The van der Waals surface area contributed by atoms with Crippen LogP contribution < -0.4 is 14.9 Å². The van der Waals surface area contributed by atoms with Crippen molar-refractivity contribution in [1.29, 1.82) is 0 Å². The van der Waals surface area contributed by atoms with Crippen molar-refractivity contribution in [3.05, 3.63) is 98.2 Å². The second-order valence-corrected chi connectivity index (χ2v) is 7.57. The number of rotatable bonds is 10. The fourth-order valence-electron chi connectivity index (χ4n) is 2.97. The topological polar surface area (TPSA) is 98.9 Å². The van der Waals surface area contributed by atoms with Crippen LogP contribution in [0.3, 0.4) is 0 Å². The van der Waals surface area contributed by atoms with Gasteiger partial charge >= 0.3 is 5.69 Å². The van der Waals surface area contributed by atoms with Gasteiger partial charge in [0.25, 0.3) is 0 Å². The van der Waals surface area contributed by atoms with Gasteiger partial charge in [-0.15, -0.1) is 6.58 Å². The minimum Gasteiger partial charge on any atom is -0.493 e. The highest BCUT2D eigenvalue weighted by molar-refractivity contribution is 6.35. The molecule has 0 unspecified atom stereocenters. The maximum absolute atomic E-state index is 11.1. The van der Waals surface area contributed by atoms with E-state index in [0.29, 0.717) is 33.5 Å². The molecule has 1 aromatic heterocycles. The van der Waals surface area contributed by atoms with E-state index in [0.717, 1.165) is 11.1 Å². The van der Waals surface area contributed by atoms with Crippen LogP contribution in [-0.4, -0.2) is 23.2 Å². The summed E-state index contributed by atoms with van der Waals surface area (Å²) in [5.41, 5.74) is 4.71. The molecule has 0 aliphatic rings. The number of halogens is 2. The minimum absolute atomic E-state index is 0.0387. The first kappa shape index (κ1) is 24.0. The molecule has 3 rings (SSSR count). The number of nitrogens with zero attached hydrogens (tertiary/aromatic N) is 3. The Morgan fingerprint density at radius 1 is 1.24 bits per heavy atom. The van der Waals surface area contributed by atoms with Gasteiger partial charge in [-0.3, -0.25) is 15.5 Å². The maximum Gasteiger partial charge on any atom is 0.313 e. The van der Waals surface area contributed by atoms with Gasteiger partial charge in [-0.05, 0) is 42.3 Å². The lowest BCUT2D eigenvalue weighted by Crippen LogP contribution is -2.03. The molecule has 170 valence electrons. The second kappa shape index (κ2) is 11.3. The lowest BCUT2D eigenvalue weighted by atomic mass is 10.1. The van der Waals surface area contributed by atoms with Gasteiger partial charge in [0.15, 0.2) is 11.5 Å². The Morgan fingerprint density at radius 2 is 2.06 bits per heavy atom. The summed E-state index contributed by atoms with van der Waals surface area (Å²) < 4.78 is 11.6. The standard InChI is InChI=1S/C23H20Cl2N4O4/c1-3-5-16-10-15(13-27-28-23-20(29(30)31)6-4-9-26-23)11-21(32-2)22(16)33-14-17-7-8-18(24)12-19(17)25/h3-4,6-13H,1,5,14H2,2H3,(H,26,28)/b27-13-. The molecule has 0 aliphatic carbocycles.